The van der Waals surface area contributed by atoms with Crippen molar-refractivity contribution in [3.63, 3.8) is 0 Å². The SMILES string of the molecule is [N-]=[N+]=N[C@@H]1C[C@@H](O)[C@H](NC(=O)O)C[C@H]1O. The first-order valence-electron chi connectivity index (χ1n) is 4.44. The highest BCUT2D eigenvalue weighted by Gasteiger charge is 2.35. The zero-order chi connectivity index (χ0) is 11.4. The number of nitrogens with one attached hydrogen (secondary N) is 1. The molecule has 8 heteroatoms. The van der Waals surface area contributed by atoms with Gasteiger partial charge in [-0.1, -0.05) is 5.11 Å². The largest absolute Gasteiger partial charge is 0.465 e. The minimum Gasteiger partial charge on any atom is -0.465 e. The fourth-order valence-corrected chi connectivity index (χ4v) is 1.65. The van der Waals surface area contributed by atoms with Gasteiger partial charge in [-0.05, 0) is 18.4 Å². The maximum atomic E-state index is 10.3. The summed E-state index contributed by atoms with van der Waals surface area (Å²) in [5, 5.41) is 32.9. The first kappa shape index (κ1) is 11.6. The average molecular weight is 216 g/mol. The fourth-order valence-electron chi connectivity index (χ4n) is 1.65. The Morgan fingerprint density at radius 1 is 1.40 bits per heavy atom. The lowest BCUT2D eigenvalue weighted by atomic mass is 9.87. The molecule has 15 heavy (non-hydrogen) atoms. The van der Waals surface area contributed by atoms with Gasteiger partial charge in [-0.25, -0.2) is 4.79 Å². The summed E-state index contributed by atoms with van der Waals surface area (Å²) in [5.74, 6) is 0. The van der Waals surface area contributed by atoms with Crippen molar-refractivity contribution >= 4 is 6.09 Å². The third-order valence-electron chi connectivity index (χ3n) is 2.40. The molecule has 1 rings (SSSR count). The van der Waals surface area contributed by atoms with Gasteiger partial charge in [0.15, 0.2) is 0 Å². The second kappa shape index (κ2) is 4.83. The molecule has 4 atom stereocenters. The molecule has 8 nitrogen and oxygen atoms in total. The van der Waals surface area contributed by atoms with Crippen molar-refractivity contribution < 1.29 is 20.1 Å². The highest BCUT2D eigenvalue weighted by molar-refractivity contribution is 5.65. The summed E-state index contributed by atoms with van der Waals surface area (Å²) < 4.78 is 0. The molecule has 0 saturated heterocycles. The van der Waals surface area contributed by atoms with Gasteiger partial charge in [-0.15, -0.1) is 0 Å². The van der Waals surface area contributed by atoms with Gasteiger partial charge < -0.3 is 20.6 Å². The molecule has 0 aromatic rings. The summed E-state index contributed by atoms with van der Waals surface area (Å²) in [6, 6.07) is -1.42. The van der Waals surface area contributed by atoms with Crippen LogP contribution in [0, 0.1) is 0 Å². The van der Waals surface area contributed by atoms with Crippen molar-refractivity contribution in [1.29, 1.82) is 0 Å². The maximum Gasteiger partial charge on any atom is 0.404 e. The van der Waals surface area contributed by atoms with Gasteiger partial charge in [-0.3, -0.25) is 0 Å². The number of hydrogen-bond donors (Lipinski definition) is 4. The van der Waals surface area contributed by atoms with E-state index in [1.165, 1.54) is 0 Å². The van der Waals surface area contributed by atoms with Gasteiger partial charge in [0.05, 0.1) is 24.3 Å². The van der Waals surface area contributed by atoms with E-state index in [0.717, 1.165) is 0 Å². The minimum atomic E-state index is -1.26. The molecule has 1 aliphatic carbocycles. The van der Waals surface area contributed by atoms with Crippen LogP contribution >= 0.6 is 0 Å². The van der Waals surface area contributed by atoms with E-state index < -0.39 is 30.4 Å². The highest BCUT2D eigenvalue weighted by Crippen LogP contribution is 2.22. The van der Waals surface area contributed by atoms with E-state index in [0.29, 0.717) is 0 Å². The molecule has 0 heterocycles. The third-order valence-corrected chi connectivity index (χ3v) is 2.40. The number of hydrogen-bond acceptors (Lipinski definition) is 4. The van der Waals surface area contributed by atoms with Crippen LogP contribution in [-0.2, 0) is 0 Å². The zero-order valence-electron chi connectivity index (χ0n) is 7.82. The molecule has 1 amide bonds. The van der Waals surface area contributed by atoms with Crippen molar-refractivity contribution in [3.8, 4) is 0 Å². The Kier molecular flexibility index (Phi) is 3.73. The van der Waals surface area contributed by atoms with Crippen LogP contribution in [0.2, 0.25) is 0 Å². The highest BCUT2D eigenvalue weighted by atomic mass is 16.4. The standard InChI is InChI=1S/C7H12N4O4/c8-11-10-4-2-5(12)3(1-6(4)13)9-7(14)15/h3-6,9,12-13H,1-2H2,(H,14,15)/t3-,4-,5-,6-/m1/s1. The van der Waals surface area contributed by atoms with Gasteiger partial charge in [0.1, 0.15) is 0 Å². The van der Waals surface area contributed by atoms with Crippen molar-refractivity contribution in [2.24, 2.45) is 5.11 Å². The Labute approximate surface area is 85.2 Å². The maximum absolute atomic E-state index is 10.3. The van der Waals surface area contributed by atoms with Gasteiger partial charge in [0.25, 0.3) is 0 Å². The molecule has 1 aliphatic rings. The first-order chi connectivity index (χ1) is 7.04. The lowest BCUT2D eigenvalue weighted by molar-refractivity contribution is 0.0128. The molecular weight excluding hydrogens is 204 g/mol. The Morgan fingerprint density at radius 2 is 2.07 bits per heavy atom. The second-order valence-corrected chi connectivity index (χ2v) is 3.43. The monoisotopic (exact) mass is 216 g/mol. The summed E-state index contributed by atoms with van der Waals surface area (Å²) in [4.78, 5) is 12.9. The zero-order valence-corrected chi connectivity index (χ0v) is 7.82. The summed E-state index contributed by atoms with van der Waals surface area (Å²) >= 11 is 0. The van der Waals surface area contributed by atoms with E-state index in [9.17, 15) is 15.0 Å². The Bertz CT molecular complexity index is 291. The number of nitrogens with zero attached hydrogens (tertiary/aromatic N) is 3. The number of carboxylic acid groups (broad SMARTS) is 1. The lowest BCUT2D eigenvalue weighted by Crippen LogP contribution is -2.52. The molecule has 4 N–H and O–H groups in total. The number of rotatable bonds is 2. The predicted molar refractivity (Wildman–Crippen MR) is 49.1 cm³/mol. The molecule has 0 aromatic carbocycles. The molecule has 0 aliphatic heterocycles. The van der Waals surface area contributed by atoms with Crippen LogP contribution < -0.4 is 5.32 Å². The van der Waals surface area contributed by atoms with Crippen molar-refractivity contribution in [2.75, 3.05) is 0 Å². The first-order valence-corrected chi connectivity index (χ1v) is 4.44. The smallest absolute Gasteiger partial charge is 0.404 e. The van der Waals surface area contributed by atoms with Crippen LogP contribution in [-0.4, -0.2) is 45.7 Å². The van der Waals surface area contributed by atoms with Gasteiger partial charge in [0, 0.05) is 4.91 Å². The van der Waals surface area contributed by atoms with Gasteiger partial charge in [0.2, 0.25) is 0 Å². The fraction of sp³-hybridized carbons (Fsp3) is 0.857. The third kappa shape index (κ3) is 2.98. The minimum absolute atomic E-state index is 0.0388. The van der Waals surface area contributed by atoms with Crippen molar-refractivity contribution in [3.05, 3.63) is 10.4 Å². The number of aliphatic hydroxyl groups is 2. The van der Waals surface area contributed by atoms with E-state index in [2.05, 4.69) is 15.3 Å². The lowest BCUT2D eigenvalue weighted by Gasteiger charge is -2.34. The van der Waals surface area contributed by atoms with E-state index in [1.807, 2.05) is 0 Å². The molecule has 0 bridgehead atoms. The summed E-state index contributed by atoms with van der Waals surface area (Å²) in [6.07, 6.45) is -3.04. The van der Waals surface area contributed by atoms with Crippen LogP contribution in [0.4, 0.5) is 4.79 Å². The Morgan fingerprint density at radius 3 is 2.60 bits per heavy atom. The molecule has 1 fully saturated rings. The van der Waals surface area contributed by atoms with Crippen molar-refractivity contribution in [1.82, 2.24) is 5.32 Å². The van der Waals surface area contributed by atoms with E-state index >= 15 is 0 Å². The Balaban J connectivity index is 2.61. The van der Waals surface area contributed by atoms with E-state index in [1.54, 1.807) is 0 Å². The summed E-state index contributed by atoms with van der Waals surface area (Å²) in [6.45, 7) is 0. The molecule has 1 saturated carbocycles. The van der Waals surface area contributed by atoms with E-state index in [4.69, 9.17) is 10.6 Å². The molecule has 84 valence electrons. The Hall–Kier alpha value is -1.50. The molecule has 0 spiro atoms. The normalized spacial score (nSPS) is 35.3. The number of aliphatic hydroxyl groups excluding tert-OH is 2. The van der Waals surface area contributed by atoms with Crippen molar-refractivity contribution in [2.45, 2.75) is 37.1 Å². The van der Waals surface area contributed by atoms with E-state index in [-0.39, 0.29) is 12.8 Å². The summed E-state index contributed by atoms with van der Waals surface area (Å²) in [5.41, 5.74) is 8.19. The van der Waals surface area contributed by atoms with Gasteiger partial charge >= 0.3 is 6.09 Å². The topological polar surface area (TPSA) is 139 Å². The number of carbonyl (C=O) groups is 1. The van der Waals surface area contributed by atoms with Crippen LogP contribution in [0.1, 0.15) is 12.8 Å². The van der Waals surface area contributed by atoms with Crippen LogP contribution in [0.25, 0.3) is 10.4 Å². The van der Waals surface area contributed by atoms with Crippen LogP contribution in [0.3, 0.4) is 0 Å². The quantitative estimate of drug-likeness (QED) is 0.288. The second-order valence-electron chi connectivity index (χ2n) is 3.43. The molecule has 0 aromatic heterocycles. The number of azide groups is 1. The molecule has 0 radical (unpaired) electrons. The van der Waals surface area contributed by atoms with Crippen LogP contribution in [0.15, 0.2) is 5.11 Å². The predicted octanol–water partition coefficient (Wildman–Crippen LogP) is -0.183. The van der Waals surface area contributed by atoms with Crippen LogP contribution in [0.5, 0.6) is 0 Å². The summed E-state index contributed by atoms with van der Waals surface area (Å²) in [7, 11) is 0. The average Bonchev–Trinajstić information content (AvgIpc) is 2.13. The molecular formula is C7H12N4O4. The number of amides is 1. The molecule has 0 unspecified atom stereocenters. The van der Waals surface area contributed by atoms with Gasteiger partial charge in [-0.2, -0.15) is 0 Å².